The molecule has 0 saturated heterocycles. The van der Waals surface area contributed by atoms with E-state index < -0.39 is 10.0 Å². The van der Waals surface area contributed by atoms with Crippen LogP contribution in [-0.2, 0) is 16.4 Å². The molecule has 1 heterocycles. The van der Waals surface area contributed by atoms with Crippen LogP contribution in [0.4, 0.5) is 0 Å². The van der Waals surface area contributed by atoms with Crippen molar-refractivity contribution in [3.05, 3.63) is 21.9 Å². The van der Waals surface area contributed by atoms with Gasteiger partial charge in [-0.3, -0.25) is 0 Å². The van der Waals surface area contributed by atoms with Gasteiger partial charge in [0, 0.05) is 15.8 Å². The maximum atomic E-state index is 12.0. The first-order valence-corrected chi connectivity index (χ1v) is 10.2. The monoisotopic (exact) mass is 332 g/mol. The summed E-state index contributed by atoms with van der Waals surface area (Å²) < 4.78 is 26.8. The number of aryl methyl sites for hydroxylation is 1. The average molecular weight is 333 g/mol. The maximum absolute atomic E-state index is 12.0. The van der Waals surface area contributed by atoms with E-state index in [0.29, 0.717) is 6.42 Å². The van der Waals surface area contributed by atoms with Crippen LogP contribution in [0.25, 0.3) is 0 Å². The lowest BCUT2D eigenvalue weighted by Crippen LogP contribution is -2.35. The van der Waals surface area contributed by atoms with Crippen molar-refractivity contribution in [2.24, 2.45) is 0 Å². The Morgan fingerprint density at radius 2 is 2.00 bits per heavy atom. The van der Waals surface area contributed by atoms with Gasteiger partial charge in [0.1, 0.15) is 0 Å². The van der Waals surface area contributed by atoms with Crippen LogP contribution in [0.15, 0.2) is 12.1 Å². The number of nitrogens with one attached hydrogen (secondary N) is 2. The number of unbranched alkanes of at least 4 members (excludes halogenated alkanes) is 1. The molecule has 0 amide bonds. The molecule has 0 fully saturated rings. The van der Waals surface area contributed by atoms with E-state index in [4.69, 9.17) is 0 Å². The van der Waals surface area contributed by atoms with Gasteiger partial charge in [0.05, 0.1) is 5.75 Å². The second-order valence-electron chi connectivity index (χ2n) is 5.51. The minimum absolute atomic E-state index is 0.0498. The molecule has 1 unspecified atom stereocenters. The summed E-state index contributed by atoms with van der Waals surface area (Å²) in [6.07, 6.45) is 3.48. The maximum Gasteiger partial charge on any atom is 0.211 e. The highest BCUT2D eigenvalue weighted by Gasteiger charge is 2.15. The van der Waals surface area contributed by atoms with Gasteiger partial charge in [-0.1, -0.05) is 6.92 Å². The Morgan fingerprint density at radius 3 is 2.62 bits per heavy atom. The second-order valence-corrected chi connectivity index (χ2v) is 8.76. The Balaban J connectivity index is 2.24. The van der Waals surface area contributed by atoms with Gasteiger partial charge in [0.15, 0.2) is 0 Å². The van der Waals surface area contributed by atoms with Gasteiger partial charge in [-0.25, -0.2) is 13.1 Å². The lowest BCUT2D eigenvalue weighted by atomic mass is 10.2. The van der Waals surface area contributed by atoms with Crippen LogP contribution in [0.3, 0.4) is 0 Å². The van der Waals surface area contributed by atoms with Gasteiger partial charge in [-0.15, -0.1) is 11.3 Å². The van der Waals surface area contributed by atoms with Crippen LogP contribution in [0.2, 0.25) is 0 Å². The molecule has 1 atom stereocenters. The Bertz CT molecular complexity index is 498. The molecule has 0 bridgehead atoms. The van der Waals surface area contributed by atoms with Gasteiger partial charge in [-0.2, -0.15) is 0 Å². The predicted octanol–water partition coefficient (Wildman–Crippen LogP) is 2.69. The Morgan fingerprint density at radius 1 is 1.24 bits per heavy atom. The van der Waals surface area contributed by atoms with Crippen molar-refractivity contribution in [3.8, 4) is 0 Å². The van der Waals surface area contributed by atoms with Crippen LogP contribution in [0.5, 0.6) is 0 Å². The van der Waals surface area contributed by atoms with Crippen LogP contribution in [0.1, 0.15) is 42.9 Å². The summed E-state index contributed by atoms with van der Waals surface area (Å²) in [5, 5.41) is 3.28. The first-order chi connectivity index (χ1) is 9.93. The molecule has 122 valence electrons. The highest BCUT2D eigenvalue weighted by Crippen LogP contribution is 2.16. The van der Waals surface area contributed by atoms with Crippen LogP contribution >= 0.6 is 11.3 Å². The fourth-order valence-electron chi connectivity index (χ4n) is 2.15. The summed E-state index contributed by atoms with van der Waals surface area (Å²) in [7, 11) is -3.16. The molecule has 0 spiro atoms. The third-order valence-electron chi connectivity index (χ3n) is 3.13. The zero-order valence-electron chi connectivity index (χ0n) is 13.3. The summed E-state index contributed by atoms with van der Waals surface area (Å²) in [5.41, 5.74) is 0. The fourth-order valence-corrected chi connectivity index (χ4v) is 4.57. The van der Waals surface area contributed by atoms with Crippen molar-refractivity contribution >= 4 is 21.4 Å². The number of rotatable bonds is 11. The molecule has 1 aromatic rings. The van der Waals surface area contributed by atoms with Gasteiger partial charge < -0.3 is 5.32 Å². The highest BCUT2D eigenvalue weighted by atomic mass is 32.2. The number of sulfonamides is 1. The predicted molar refractivity (Wildman–Crippen MR) is 91.5 cm³/mol. The summed E-state index contributed by atoms with van der Waals surface area (Å²) in [6.45, 7) is 8.01. The molecule has 4 nitrogen and oxygen atoms in total. The van der Waals surface area contributed by atoms with E-state index in [2.05, 4.69) is 36.0 Å². The number of hydrogen-bond donors (Lipinski definition) is 2. The third kappa shape index (κ3) is 8.56. The van der Waals surface area contributed by atoms with E-state index in [1.165, 1.54) is 9.75 Å². The highest BCUT2D eigenvalue weighted by molar-refractivity contribution is 7.89. The van der Waals surface area contributed by atoms with Gasteiger partial charge in [-0.05, 0) is 64.8 Å². The third-order valence-corrected chi connectivity index (χ3v) is 5.74. The molecule has 6 heteroatoms. The van der Waals surface area contributed by atoms with Crippen LogP contribution < -0.4 is 10.0 Å². The summed E-state index contributed by atoms with van der Waals surface area (Å²) in [4.78, 5) is 2.49. The molecule has 0 saturated carbocycles. The smallest absolute Gasteiger partial charge is 0.211 e. The Hall–Kier alpha value is -0.430. The topological polar surface area (TPSA) is 58.2 Å². The standard InChI is InChI=1S/C15H28N2O2S2/c1-4-9-16-10-5-6-11-21(18,19)17-13(2)12-15-8-7-14(3)20-15/h7-8,13,16-17H,4-6,9-12H2,1-3H3. The average Bonchev–Trinajstić information content (AvgIpc) is 2.78. The van der Waals surface area contributed by atoms with Gasteiger partial charge >= 0.3 is 0 Å². The first-order valence-electron chi connectivity index (χ1n) is 7.69. The first kappa shape index (κ1) is 18.6. The van der Waals surface area contributed by atoms with Crippen molar-refractivity contribution < 1.29 is 8.42 Å². The molecule has 0 aliphatic rings. The van der Waals surface area contributed by atoms with Crippen molar-refractivity contribution in [3.63, 3.8) is 0 Å². The molecular formula is C15H28N2O2S2. The van der Waals surface area contributed by atoms with E-state index in [0.717, 1.165) is 32.4 Å². The van der Waals surface area contributed by atoms with Crippen molar-refractivity contribution in [2.45, 2.75) is 52.5 Å². The molecule has 0 radical (unpaired) electrons. The van der Waals surface area contributed by atoms with Crippen molar-refractivity contribution in [1.29, 1.82) is 0 Å². The van der Waals surface area contributed by atoms with Gasteiger partial charge in [0.25, 0.3) is 0 Å². The quantitative estimate of drug-likeness (QED) is 0.613. The minimum atomic E-state index is -3.16. The van der Waals surface area contributed by atoms with E-state index >= 15 is 0 Å². The summed E-state index contributed by atoms with van der Waals surface area (Å²) in [6, 6.07) is 4.10. The minimum Gasteiger partial charge on any atom is -0.317 e. The second kappa shape index (κ2) is 9.56. The Kier molecular flexibility index (Phi) is 8.48. The number of hydrogen-bond acceptors (Lipinski definition) is 4. The Labute approximate surface area is 133 Å². The molecule has 0 aliphatic heterocycles. The normalized spacial score (nSPS) is 13.5. The molecule has 0 aromatic carbocycles. The van der Waals surface area contributed by atoms with E-state index in [1.54, 1.807) is 11.3 Å². The number of thiophene rings is 1. The van der Waals surface area contributed by atoms with Crippen molar-refractivity contribution in [2.75, 3.05) is 18.8 Å². The largest absolute Gasteiger partial charge is 0.317 e. The lowest BCUT2D eigenvalue weighted by molar-refractivity contribution is 0.554. The molecular weight excluding hydrogens is 304 g/mol. The van der Waals surface area contributed by atoms with Crippen LogP contribution in [0, 0.1) is 6.92 Å². The van der Waals surface area contributed by atoms with Crippen LogP contribution in [-0.4, -0.2) is 33.3 Å². The SMILES string of the molecule is CCCNCCCCS(=O)(=O)NC(C)Cc1ccc(C)s1. The lowest BCUT2D eigenvalue weighted by Gasteiger charge is -2.13. The van der Waals surface area contributed by atoms with E-state index in [-0.39, 0.29) is 11.8 Å². The molecule has 0 aliphatic carbocycles. The molecule has 1 rings (SSSR count). The summed E-state index contributed by atoms with van der Waals surface area (Å²) in [5.74, 6) is 0.217. The molecule has 1 aromatic heterocycles. The van der Waals surface area contributed by atoms with E-state index in [9.17, 15) is 8.42 Å². The van der Waals surface area contributed by atoms with Gasteiger partial charge in [0.2, 0.25) is 10.0 Å². The molecule has 2 N–H and O–H groups in total. The fraction of sp³-hybridized carbons (Fsp3) is 0.733. The zero-order chi connectivity index (χ0) is 15.7. The zero-order valence-corrected chi connectivity index (χ0v) is 14.9. The summed E-state index contributed by atoms with van der Waals surface area (Å²) >= 11 is 1.73. The van der Waals surface area contributed by atoms with E-state index in [1.807, 2.05) is 6.92 Å². The van der Waals surface area contributed by atoms with Crippen molar-refractivity contribution in [1.82, 2.24) is 10.0 Å². The molecule has 21 heavy (non-hydrogen) atoms.